The number of halogens is 3. The van der Waals surface area contributed by atoms with Crippen molar-refractivity contribution in [2.75, 3.05) is 5.32 Å². The summed E-state index contributed by atoms with van der Waals surface area (Å²) in [5.41, 5.74) is 7.86. The van der Waals surface area contributed by atoms with E-state index >= 15 is 0 Å². The SMILES string of the molecule is NC1CCCCC1N(Cc1cc(NC(=O)c2cccc(F)c2)ccc1Cl)C(=O)c1cccc(F)c1. The van der Waals surface area contributed by atoms with Crippen LogP contribution in [0.1, 0.15) is 52.0 Å². The number of amides is 2. The van der Waals surface area contributed by atoms with E-state index in [4.69, 9.17) is 17.3 Å². The van der Waals surface area contributed by atoms with Crippen molar-refractivity contribution in [3.63, 3.8) is 0 Å². The lowest BCUT2D eigenvalue weighted by atomic mass is 9.89. The average molecular weight is 498 g/mol. The van der Waals surface area contributed by atoms with Crippen molar-refractivity contribution in [2.24, 2.45) is 5.73 Å². The Hall–Kier alpha value is -3.29. The smallest absolute Gasteiger partial charge is 0.255 e. The van der Waals surface area contributed by atoms with Gasteiger partial charge in [0.15, 0.2) is 0 Å². The van der Waals surface area contributed by atoms with Crippen LogP contribution >= 0.6 is 11.6 Å². The number of hydrogen-bond acceptors (Lipinski definition) is 3. The molecule has 0 aromatic heterocycles. The standard InChI is InChI=1S/C27H26ClF2N3O2/c28-23-12-11-22(32-26(34)17-5-3-7-20(29)13-17)15-19(23)16-33(25-10-2-1-9-24(25)31)27(35)18-6-4-8-21(30)14-18/h3-8,11-15,24-25H,1-2,9-10,16,31H2,(H,32,34). The number of carbonyl (C=O) groups is 2. The number of anilines is 1. The summed E-state index contributed by atoms with van der Waals surface area (Å²) in [6, 6.07) is 15.4. The zero-order valence-corrected chi connectivity index (χ0v) is 19.8. The van der Waals surface area contributed by atoms with E-state index in [-0.39, 0.29) is 35.7 Å². The molecule has 2 unspecified atom stereocenters. The molecular weight excluding hydrogens is 472 g/mol. The van der Waals surface area contributed by atoms with Crippen LogP contribution in [0, 0.1) is 11.6 Å². The van der Waals surface area contributed by atoms with Crippen LogP contribution in [0.4, 0.5) is 14.5 Å². The van der Waals surface area contributed by atoms with Crippen LogP contribution in [0.25, 0.3) is 0 Å². The third-order valence-corrected chi connectivity index (χ3v) is 6.61. The first-order chi connectivity index (χ1) is 16.8. The van der Waals surface area contributed by atoms with Crippen molar-refractivity contribution in [1.29, 1.82) is 0 Å². The second-order valence-electron chi connectivity index (χ2n) is 8.73. The number of nitrogens with one attached hydrogen (secondary N) is 1. The maximum Gasteiger partial charge on any atom is 0.255 e. The van der Waals surface area contributed by atoms with Gasteiger partial charge in [-0.05, 0) is 73.0 Å². The minimum absolute atomic E-state index is 0.135. The van der Waals surface area contributed by atoms with Gasteiger partial charge in [0.1, 0.15) is 11.6 Å². The highest BCUT2D eigenvalue weighted by Crippen LogP contribution is 2.29. The van der Waals surface area contributed by atoms with E-state index in [1.54, 1.807) is 29.2 Å². The largest absolute Gasteiger partial charge is 0.330 e. The van der Waals surface area contributed by atoms with Gasteiger partial charge in [-0.3, -0.25) is 9.59 Å². The van der Waals surface area contributed by atoms with Gasteiger partial charge in [-0.25, -0.2) is 8.78 Å². The van der Waals surface area contributed by atoms with Gasteiger partial charge >= 0.3 is 0 Å². The summed E-state index contributed by atoms with van der Waals surface area (Å²) in [6.45, 7) is 0.135. The van der Waals surface area contributed by atoms with E-state index in [9.17, 15) is 18.4 Å². The van der Waals surface area contributed by atoms with Crippen LogP contribution in [-0.2, 0) is 6.54 Å². The predicted molar refractivity (Wildman–Crippen MR) is 132 cm³/mol. The molecule has 4 rings (SSSR count). The third-order valence-electron chi connectivity index (χ3n) is 6.25. The summed E-state index contributed by atoms with van der Waals surface area (Å²) >= 11 is 6.47. The predicted octanol–water partition coefficient (Wildman–Crippen LogP) is 5.78. The Morgan fingerprint density at radius 3 is 2.29 bits per heavy atom. The molecule has 1 saturated carbocycles. The van der Waals surface area contributed by atoms with E-state index in [1.165, 1.54) is 36.4 Å². The summed E-state index contributed by atoms with van der Waals surface area (Å²) in [6.07, 6.45) is 3.44. The van der Waals surface area contributed by atoms with Crippen LogP contribution in [0.3, 0.4) is 0 Å². The highest BCUT2D eigenvalue weighted by Gasteiger charge is 2.32. The van der Waals surface area contributed by atoms with Gasteiger partial charge in [-0.1, -0.05) is 36.6 Å². The summed E-state index contributed by atoms with van der Waals surface area (Å²) in [4.78, 5) is 27.7. The molecule has 3 N–H and O–H groups in total. The molecule has 0 radical (unpaired) electrons. The van der Waals surface area contributed by atoms with Crippen molar-refractivity contribution in [3.8, 4) is 0 Å². The number of rotatable bonds is 6. The molecule has 3 aromatic rings. The van der Waals surface area contributed by atoms with Crippen LogP contribution < -0.4 is 11.1 Å². The zero-order valence-electron chi connectivity index (χ0n) is 19.0. The van der Waals surface area contributed by atoms with Crippen molar-refractivity contribution in [2.45, 2.75) is 44.3 Å². The van der Waals surface area contributed by atoms with Gasteiger partial charge in [0, 0.05) is 40.5 Å². The Bertz CT molecular complexity index is 1240. The lowest BCUT2D eigenvalue weighted by Gasteiger charge is -2.38. The Morgan fingerprint density at radius 1 is 0.943 bits per heavy atom. The monoisotopic (exact) mass is 497 g/mol. The number of hydrogen-bond donors (Lipinski definition) is 2. The molecule has 2 amide bonds. The van der Waals surface area contributed by atoms with E-state index in [0.717, 1.165) is 31.7 Å². The lowest BCUT2D eigenvalue weighted by molar-refractivity contribution is 0.0583. The summed E-state index contributed by atoms with van der Waals surface area (Å²) in [5.74, 6) is -1.81. The first-order valence-corrected chi connectivity index (χ1v) is 11.9. The Labute approximate surface area is 207 Å². The summed E-state index contributed by atoms with van der Waals surface area (Å²) in [7, 11) is 0. The summed E-state index contributed by atoms with van der Waals surface area (Å²) < 4.78 is 27.4. The molecule has 0 heterocycles. The van der Waals surface area contributed by atoms with Gasteiger partial charge in [-0.15, -0.1) is 0 Å². The van der Waals surface area contributed by atoms with Crippen LogP contribution in [0.15, 0.2) is 66.7 Å². The van der Waals surface area contributed by atoms with Crippen molar-refractivity contribution in [1.82, 2.24) is 4.90 Å². The van der Waals surface area contributed by atoms with Gasteiger partial charge < -0.3 is 16.0 Å². The Kier molecular flexibility index (Phi) is 7.78. The fourth-order valence-electron chi connectivity index (χ4n) is 4.44. The number of nitrogens with zero attached hydrogens (tertiary/aromatic N) is 1. The molecule has 2 atom stereocenters. The van der Waals surface area contributed by atoms with Gasteiger partial charge in [0.05, 0.1) is 0 Å². The van der Waals surface area contributed by atoms with E-state index in [2.05, 4.69) is 5.32 Å². The van der Waals surface area contributed by atoms with Gasteiger partial charge in [0.2, 0.25) is 0 Å². The molecule has 35 heavy (non-hydrogen) atoms. The van der Waals surface area contributed by atoms with E-state index in [0.29, 0.717) is 16.3 Å². The zero-order chi connectivity index (χ0) is 24.9. The molecule has 1 fully saturated rings. The Morgan fingerprint density at radius 2 is 1.60 bits per heavy atom. The fourth-order valence-corrected chi connectivity index (χ4v) is 4.62. The minimum Gasteiger partial charge on any atom is -0.330 e. The molecule has 0 saturated heterocycles. The molecule has 3 aromatic carbocycles. The normalized spacial score (nSPS) is 17.6. The molecule has 0 spiro atoms. The molecule has 1 aliphatic rings. The lowest BCUT2D eigenvalue weighted by Crippen LogP contribution is -2.51. The second-order valence-corrected chi connectivity index (χ2v) is 9.14. The van der Waals surface area contributed by atoms with Gasteiger partial charge in [-0.2, -0.15) is 0 Å². The third kappa shape index (κ3) is 6.05. The maximum atomic E-state index is 13.9. The molecule has 8 heteroatoms. The van der Waals surface area contributed by atoms with E-state index in [1.807, 2.05) is 0 Å². The summed E-state index contributed by atoms with van der Waals surface area (Å²) in [5, 5.41) is 3.15. The molecule has 182 valence electrons. The topological polar surface area (TPSA) is 75.4 Å². The van der Waals surface area contributed by atoms with E-state index < -0.39 is 17.5 Å². The molecule has 0 bridgehead atoms. The van der Waals surface area contributed by atoms with Gasteiger partial charge in [0.25, 0.3) is 11.8 Å². The number of benzene rings is 3. The molecule has 0 aliphatic heterocycles. The minimum atomic E-state index is -0.509. The maximum absolute atomic E-state index is 13.9. The highest BCUT2D eigenvalue weighted by molar-refractivity contribution is 6.31. The quantitative estimate of drug-likeness (QED) is 0.453. The second kappa shape index (κ2) is 11.0. The molecule has 1 aliphatic carbocycles. The first kappa shape index (κ1) is 24.8. The number of nitrogens with two attached hydrogens (primary N) is 1. The van der Waals surface area contributed by atoms with Crippen LogP contribution in [0.5, 0.6) is 0 Å². The molecule has 5 nitrogen and oxygen atoms in total. The first-order valence-electron chi connectivity index (χ1n) is 11.5. The van der Waals surface area contributed by atoms with Crippen molar-refractivity contribution < 1.29 is 18.4 Å². The average Bonchev–Trinajstić information content (AvgIpc) is 2.84. The van der Waals surface area contributed by atoms with Crippen molar-refractivity contribution >= 4 is 29.1 Å². The Balaban J connectivity index is 1.62. The van der Waals surface area contributed by atoms with Crippen LogP contribution in [-0.4, -0.2) is 28.8 Å². The van der Waals surface area contributed by atoms with Crippen LogP contribution in [0.2, 0.25) is 5.02 Å². The number of carbonyl (C=O) groups excluding carboxylic acids is 2. The molecular formula is C27H26ClF2N3O2. The van der Waals surface area contributed by atoms with Crippen molar-refractivity contribution in [3.05, 3.63) is 100 Å². The highest BCUT2D eigenvalue weighted by atomic mass is 35.5. The fraction of sp³-hybridized carbons (Fsp3) is 0.259.